The van der Waals surface area contributed by atoms with Crippen LogP contribution in [-0.2, 0) is 0 Å². The van der Waals surface area contributed by atoms with Crippen LogP contribution in [-0.4, -0.2) is 39.2 Å². The summed E-state index contributed by atoms with van der Waals surface area (Å²) < 4.78 is 1.86. The van der Waals surface area contributed by atoms with E-state index in [9.17, 15) is 0 Å². The molecule has 16 heavy (non-hydrogen) atoms. The average Bonchev–Trinajstić information content (AvgIpc) is 2.97. The Balaban J connectivity index is 1.75. The van der Waals surface area contributed by atoms with E-state index in [4.69, 9.17) is 0 Å². The average molecular weight is 218 g/mol. The summed E-state index contributed by atoms with van der Waals surface area (Å²) in [6, 6.07) is 0. The van der Waals surface area contributed by atoms with Crippen LogP contribution in [0.4, 0.5) is 5.82 Å². The zero-order valence-corrected chi connectivity index (χ0v) is 8.93. The fourth-order valence-electron chi connectivity index (χ4n) is 2.01. The van der Waals surface area contributed by atoms with Gasteiger partial charge in [-0.25, -0.2) is 4.98 Å². The summed E-state index contributed by atoms with van der Waals surface area (Å²) in [5, 5.41) is 14.6. The maximum absolute atomic E-state index is 4.29. The number of anilines is 1. The molecule has 6 heteroatoms. The third-order valence-electron chi connectivity index (χ3n) is 2.94. The Kier molecular flexibility index (Phi) is 2.41. The molecule has 2 aromatic heterocycles. The molecule has 1 saturated heterocycles. The van der Waals surface area contributed by atoms with Crippen LogP contribution in [0.15, 0.2) is 18.7 Å². The van der Waals surface area contributed by atoms with Gasteiger partial charge in [0, 0.05) is 18.9 Å². The molecule has 1 aliphatic rings. The number of hydrogen-bond donors (Lipinski definition) is 2. The first-order valence-electron chi connectivity index (χ1n) is 5.52. The third kappa shape index (κ3) is 1.71. The van der Waals surface area contributed by atoms with Crippen molar-refractivity contribution in [2.75, 3.05) is 25.0 Å². The molecule has 1 fully saturated rings. The van der Waals surface area contributed by atoms with Gasteiger partial charge >= 0.3 is 0 Å². The van der Waals surface area contributed by atoms with Gasteiger partial charge in [0.1, 0.15) is 6.33 Å². The summed E-state index contributed by atoms with van der Waals surface area (Å²) in [7, 11) is 0. The molecule has 3 rings (SSSR count). The van der Waals surface area contributed by atoms with E-state index in [1.807, 2.05) is 10.6 Å². The van der Waals surface area contributed by atoms with E-state index in [1.165, 1.54) is 6.42 Å². The molecule has 0 aromatic carbocycles. The highest BCUT2D eigenvalue weighted by Crippen LogP contribution is 2.12. The summed E-state index contributed by atoms with van der Waals surface area (Å²) >= 11 is 0. The molecule has 84 valence electrons. The highest BCUT2D eigenvalue weighted by Gasteiger charge is 2.14. The first-order valence-corrected chi connectivity index (χ1v) is 5.52. The topological polar surface area (TPSA) is 67.1 Å². The van der Waals surface area contributed by atoms with Gasteiger partial charge in [-0.1, -0.05) is 0 Å². The Labute approximate surface area is 93.1 Å². The van der Waals surface area contributed by atoms with Gasteiger partial charge in [0.2, 0.25) is 5.65 Å². The minimum atomic E-state index is 0.685. The molecule has 6 nitrogen and oxygen atoms in total. The molecule has 0 spiro atoms. The molecule has 2 N–H and O–H groups in total. The molecular formula is C10H14N6. The van der Waals surface area contributed by atoms with Crippen molar-refractivity contribution in [3.05, 3.63) is 18.7 Å². The van der Waals surface area contributed by atoms with Crippen LogP contribution in [0.5, 0.6) is 0 Å². The van der Waals surface area contributed by atoms with Crippen molar-refractivity contribution in [2.45, 2.75) is 6.42 Å². The van der Waals surface area contributed by atoms with E-state index < -0.39 is 0 Å². The molecule has 0 bridgehead atoms. The zero-order chi connectivity index (χ0) is 10.8. The van der Waals surface area contributed by atoms with Crippen molar-refractivity contribution in [1.29, 1.82) is 0 Å². The summed E-state index contributed by atoms with van der Waals surface area (Å²) in [5.41, 5.74) is 0.786. The second-order valence-electron chi connectivity index (χ2n) is 4.08. The summed E-state index contributed by atoms with van der Waals surface area (Å²) in [6.45, 7) is 3.14. The van der Waals surface area contributed by atoms with E-state index >= 15 is 0 Å². The fraction of sp³-hybridized carbons (Fsp3) is 0.500. The first kappa shape index (κ1) is 9.53. The van der Waals surface area contributed by atoms with Gasteiger partial charge in [0.15, 0.2) is 5.82 Å². The number of nitrogens with one attached hydrogen (secondary N) is 2. The standard InChI is InChI=1S/C10H14N6/c1-2-11-5-8(1)6-13-9-10-15-14-7-16(10)4-3-12-9/h3-4,7-8,11H,1-2,5-6H2,(H,12,13). The fourth-order valence-corrected chi connectivity index (χ4v) is 2.01. The number of nitrogens with zero attached hydrogens (tertiary/aromatic N) is 4. The Hall–Kier alpha value is -1.69. The molecule has 1 atom stereocenters. The van der Waals surface area contributed by atoms with Gasteiger partial charge in [-0.15, -0.1) is 10.2 Å². The lowest BCUT2D eigenvalue weighted by atomic mass is 10.1. The Morgan fingerprint density at radius 2 is 2.56 bits per heavy atom. The molecule has 1 unspecified atom stereocenters. The van der Waals surface area contributed by atoms with Crippen molar-refractivity contribution in [3.63, 3.8) is 0 Å². The van der Waals surface area contributed by atoms with Crippen molar-refractivity contribution in [1.82, 2.24) is 24.9 Å². The molecule has 0 saturated carbocycles. The van der Waals surface area contributed by atoms with Crippen LogP contribution < -0.4 is 10.6 Å². The Morgan fingerprint density at radius 1 is 1.56 bits per heavy atom. The highest BCUT2D eigenvalue weighted by molar-refractivity contribution is 5.61. The third-order valence-corrected chi connectivity index (χ3v) is 2.94. The maximum Gasteiger partial charge on any atom is 0.203 e. The molecule has 0 radical (unpaired) electrons. The second kappa shape index (κ2) is 4.05. The summed E-state index contributed by atoms with van der Waals surface area (Å²) in [6.07, 6.45) is 6.51. The largest absolute Gasteiger partial charge is 0.367 e. The minimum absolute atomic E-state index is 0.685. The zero-order valence-electron chi connectivity index (χ0n) is 8.93. The second-order valence-corrected chi connectivity index (χ2v) is 4.08. The summed E-state index contributed by atoms with van der Waals surface area (Å²) in [4.78, 5) is 4.29. The monoisotopic (exact) mass is 218 g/mol. The number of aromatic nitrogens is 4. The lowest BCUT2D eigenvalue weighted by Crippen LogP contribution is -2.18. The molecule has 1 aliphatic heterocycles. The van der Waals surface area contributed by atoms with Crippen molar-refractivity contribution < 1.29 is 0 Å². The van der Waals surface area contributed by atoms with E-state index in [2.05, 4.69) is 25.8 Å². The first-order chi connectivity index (χ1) is 7.93. The Morgan fingerprint density at radius 3 is 3.44 bits per heavy atom. The van der Waals surface area contributed by atoms with E-state index in [0.717, 1.165) is 31.1 Å². The van der Waals surface area contributed by atoms with Gasteiger partial charge in [0.05, 0.1) is 0 Å². The van der Waals surface area contributed by atoms with Gasteiger partial charge < -0.3 is 10.6 Å². The molecule has 3 heterocycles. The molecular weight excluding hydrogens is 204 g/mol. The predicted octanol–water partition coefficient (Wildman–Crippen LogP) is 0.146. The normalized spacial score (nSPS) is 20.4. The van der Waals surface area contributed by atoms with Gasteiger partial charge in [-0.2, -0.15) is 0 Å². The van der Waals surface area contributed by atoms with Crippen molar-refractivity contribution in [3.8, 4) is 0 Å². The molecule has 2 aromatic rings. The number of rotatable bonds is 3. The quantitative estimate of drug-likeness (QED) is 0.767. The predicted molar refractivity (Wildman–Crippen MR) is 60.2 cm³/mol. The van der Waals surface area contributed by atoms with E-state index in [-0.39, 0.29) is 0 Å². The lowest BCUT2D eigenvalue weighted by Gasteiger charge is -2.10. The minimum Gasteiger partial charge on any atom is -0.367 e. The van der Waals surface area contributed by atoms with Gasteiger partial charge in [-0.05, 0) is 25.4 Å². The number of hydrogen-bond acceptors (Lipinski definition) is 5. The Bertz CT molecular complexity index is 473. The van der Waals surface area contributed by atoms with Crippen LogP contribution in [0, 0.1) is 5.92 Å². The van der Waals surface area contributed by atoms with Crippen molar-refractivity contribution >= 4 is 11.5 Å². The highest BCUT2D eigenvalue weighted by atomic mass is 15.2. The smallest absolute Gasteiger partial charge is 0.203 e. The van der Waals surface area contributed by atoms with E-state index in [0.29, 0.717) is 5.92 Å². The van der Waals surface area contributed by atoms with Gasteiger partial charge in [0.25, 0.3) is 0 Å². The van der Waals surface area contributed by atoms with Crippen molar-refractivity contribution in [2.24, 2.45) is 5.92 Å². The van der Waals surface area contributed by atoms with Crippen LogP contribution in [0.25, 0.3) is 5.65 Å². The summed E-state index contributed by atoms with van der Waals surface area (Å²) in [5.74, 6) is 1.50. The maximum atomic E-state index is 4.29. The van der Waals surface area contributed by atoms with Crippen LogP contribution in [0.2, 0.25) is 0 Å². The molecule has 0 amide bonds. The van der Waals surface area contributed by atoms with Crippen LogP contribution in [0.3, 0.4) is 0 Å². The lowest BCUT2D eigenvalue weighted by molar-refractivity contribution is 0.614. The van der Waals surface area contributed by atoms with Crippen LogP contribution in [0.1, 0.15) is 6.42 Å². The SMILES string of the molecule is c1cn2cnnc2c(NCC2CCNC2)n1. The van der Waals surface area contributed by atoms with Crippen LogP contribution >= 0.6 is 0 Å². The molecule has 0 aliphatic carbocycles. The number of fused-ring (bicyclic) bond motifs is 1. The van der Waals surface area contributed by atoms with Gasteiger partial charge in [-0.3, -0.25) is 4.40 Å². The van der Waals surface area contributed by atoms with E-state index in [1.54, 1.807) is 12.5 Å².